The van der Waals surface area contributed by atoms with Gasteiger partial charge < -0.3 is 5.73 Å². The van der Waals surface area contributed by atoms with Gasteiger partial charge in [0.15, 0.2) is 0 Å². The molecule has 0 aromatic heterocycles. The molecule has 3 heteroatoms. The second kappa shape index (κ2) is 3.95. The second-order valence-electron chi connectivity index (χ2n) is 4.50. The molecule has 2 aliphatic rings. The molecular formula is C10H21N3. The highest BCUT2D eigenvalue weighted by atomic mass is 15.5. The largest absolute Gasteiger partial charge is 0.329 e. The van der Waals surface area contributed by atoms with Gasteiger partial charge in [-0.15, -0.1) is 0 Å². The maximum absolute atomic E-state index is 5.80. The highest BCUT2D eigenvalue weighted by Crippen LogP contribution is 2.31. The summed E-state index contributed by atoms with van der Waals surface area (Å²) >= 11 is 0. The van der Waals surface area contributed by atoms with Crippen LogP contribution in [0.25, 0.3) is 0 Å². The number of hydrogen-bond acceptors (Lipinski definition) is 3. The summed E-state index contributed by atoms with van der Waals surface area (Å²) in [4.78, 5) is 0. The number of nitrogens with one attached hydrogen (secondary N) is 1. The highest BCUT2D eigenvalue weighted by Gasteiger charge is 2.36. The molecule has 3 N–H and O–H groups in total. The summed E-state index contributed by atoms with van der Waals surface area (Å²) in [5.74, 6) is 0. The Balaban J connectivity index is 1.81. The van der Waals surface area contributed by atoms with E-state index in [2.05, 4.69) is 10.4 Å². The zero-order valence-corrected chi connectivity index (χ0v) is 8.39. The van der Waals surface area contributed by atoms with Crippen molar-refractivity contribution in [3.8, 4) is 0 Å². The summed E-state index contributed by atoms with van der Waals surface area (Å²) in [7, 11) is 0. The first-order valence-electron chi connectivity index (χ1n) is 5.57. The van der Waals surface area contributed by atoms with Gasteiger partial charge in [0.2, 0.25) is 0 Å². The maximum Gasteiger partial charge on any atom is 0.0448 e. The van der Waals surface area contributed by atoms with Crippen LogP contribution in [0.5, 0.6) is 0 Å². The minimum atomic E-state index is 0.275. The van der Waals surface area contributed by atoms with Crippen LogP contribution in [0.2, 0.25) is 0 Å². The number of nitrogens with zero attached hydrogens (tertiary/aromatic N) is 1. The summed E-state index contributed by atoms with van der Waals surface area (Å²) in [6.07, 6.45) is 7.95. The molecule has 1 heterocycles. The molecule has 3 nitrogen and oxygen atoms in total. The first kappa shape index (κ1) is 9.44. The molecule has 0 bridgehead atoms. The second-order valence-corrected chi connectivity index (χ2v) is 4.50. The monoisotopic (exact) mass is 183 g/mol. The predicted octanol–water partition coefficient (Wildman–Crippen LogP) is 0.858. The lowest BCUT2D eigenvalue weighted by molar-refractivity contribution is 0.0400. The standard InChI is InChI=1S/C10H21N3/c11-9-10(5-4-6-10)12-13-7-2-1-3-8-13/h12H,1-9,11H2. The van der Waals surface area contributed by atoms with Crippen LogP contribution in [-0.2, 0) is 0 Å². The van der Waals surface area contributed by atoms with E-state index in [0.29, 0.717) is 0 Å². The Hall–Kier alpha value is -0.120. The Morgan fingerprint density at radius 3 is 2.23 bits per heavy atom. The third-order valence-electron chi connectivity index (χ3n) is 3.45. The van der Waals surface area contributed by atoms with Gasteiger partial charge in [-0.25, -0.2) is 10.4 Å². The molecule has 13 heavy (non-hydrogen) atoms. The molecule has 1 saturated carbocycles. The van der Waals surface area contributed by atoms with Gasteiger partial charge in [0.05, 0.1) is 0 Å². The van der Waals surface area contributed by atoms with Crippen LogP contribution in [0.1, 0.15) is 38.5 Å². The molecule has 0 amide bonds. The van der Waals surface area contributed by atoms with Crippen LogP contribution < -0.4 is 11.2 Å². The van der Waals surface area contributed by atoms with Gasteiger partial charge in [-0.1, -0.05) is 6.42 Å². The van der Waals surface area contributed by atoms with Crippen LogP contribution >= 0.6 is 0 Å². The fourth-order valence-electron chi connectivity index (χ4n) is 2.31. The zero-order valence-electron chi connectivity index (χ0n) is 8.39. The number of nitrogens with two attached hydrogens (primary N) is 1. The van der Waals surface area contributed by atoms with Crippen molar-refractivity contribution in [1.29, 1.82) is 0 Å². The molecule has 76 valence electrons. The first-order chi connectivity index (χ1) is 6.35. The van der Waals surface area contributed by atoms with Crippen molar-refractivity contribution >= 4 is 0 Å². The van der Waals surface area contributed by atoms with Crippen molar-refractivity contribution in [3.05, 3.63) is 0 Å². The molecule has 0 atom stereocenters. The van der Waals surface area contributed by atoms with Crippen LogP contribution in [0.4, 0.5) is 0 Å². The van der Waals surface area contributed by atoms with Gasteiger partial charge in [0, 0.05) is 25.2 Å². The van der Waals surface area contributed by atoms with Crippen molar-refractivity contribution in [1.82, 2.24) is 10.4 Å². The molecule has 1 saturated heterocycles. The minimum absolute atomic E-state index is 0.275. The Kier molecular flexibility index (Phi) is 2.86. The van der Waals surface area contributed by atoms with E-state index in [9.17, 15) is 0 Å². The van der Waals surface area contributed by atoms with Crippen LogP contribution in [0, 0.1) is 0 Å². The fraction of sp³-hybridized carbons (Fsp3) is 1.00. The van der Waals surface area contributed by atoms with E-state index >= 15 is 0 Å². The third kappa shape index (κ3) is 2.03. The molecule has 2 rings (SSSR count). The molecule has 1 aliphatic carbocycles. The van der Waals surface area contributed by atoms with Crippen molar-refractivity contribution in [3.63, 3.8) is 0 Å². The Labute approximate surface area is 80.6 Å². The minimum Gasteiger partial charge on any atom is -0.329 e. The van der Waals surface area contributed by atoms with E-state index in [0.717, 1.165) is 6.54 Å². The Morgan fingerprint density at radius 1 is 1.08 bits per heavy atom. The van der Waals surface area contributed by atoms with Gasteiger partial charge in [-0.3, -0.25) is 0 Å². The van der Waals surface area contributed by atoms with Gasteiger partial charge in [0.1, 0.15) is 0 Å². The highest BCUT2D eigenvalue weighted by molar-refractivity contribution is 4.96. The molecule has 0 aromatic carbocycles. The number of piperidine rings is 1. The lowest BCUT2D eigenvalue weighted by Gasteiger charge is -2.46. The van der Waals surface area contributed by atoms with Crippen molar-refractivity contribution < 1.29 is 0 Å². The van der Waals surface area contributed by atoms with E-state index in [1.54, 1.807) is 0 Å². The van der Waals surface area contributed by atoms with Crippen molar-refractivity contribution in [2.45, 2.75) is 44.1 Å². The normalized spacial score (nSPS) is 28.4. The van der Waals surface area contributed by atoms with E-state index in [1.165, 1.54) is 51.6 Å². The Bertz CT molecular complexity index is 154. The molecule has 1 aliphatic heterocycles. The van der Waals surface area contributed by atoms with E-state index < -0.39 is 0 Å². The summed E-state index contributed by atoms with van der Waals surface area (Å²) in [6, 6.07) is 0. The van der Waals surface area contributed by atoms with Gasteiger partial charge >= 0.3 is 0 Å². The summed E-state index contributed by atoms with van der Waals surface area (Å²) in [5.41, 5.74) is 9.70. The number of hydrazine groups is 1. The molecule has 0 unspecified atom stereocenters. The van der Waals surface area contributed by atoms with E-state index in [-0.39, 0.29) is 5.54 Å². The lowest BCUT2D eigenvalue weighted by atomic mass is 9.77. The summed E-state index contributed by atoms with van der Waals surface area (Å²) in [5, 5.41) is 2.38. The van der Waals surface area contributed by atoms with Crippen LogP contribution in [0.3, 0.4) is 0 Å². The molecule has 2 fully saturated rings. The molecular weight excluding hydrogens is 162 g/mol. The number of rotatable bonds is 3. The lowest BCUT2D eigenvalue weighted by Crippen LogP contribution is -2.62. The first-order valence-corrected chi connectivity index (χ1v) is 5.57. The van der Waals surface area contributed by atoms with Crippen LogP contribution in [-0.4, -0.2) is 30.2 Å². The predicted molar refractivity (Wildman–Crippen MR) is 54.2 cm³/mol. The smallest absolute Gasteiger partial charge is 0.0448 e. The van der Waals surface area contributed by atoms with Gasteiger partial charge in [-0.05, 0) is 32.1 Å². The van der Waals surface area contributed by atoms with E-state index in [1.807, 2.05) is 0 Å². The van der Waals surface area contributed by atoms with Gasteiger partial charge in [-0.2, -0.15) is 0 Å². The Morgan fingerprint density at radius 2 is 1.77 bits per heavy atom. The molecule has 0 aromatic rings. The zero-order chi connectivity index (χ0) is 9.15. The fourth-order valence-corrected chi connectivity index (χ4v) is 2.31. The number of hydrogen-bond donors (Lipinski definition) is 2. The van der Waals surface area contributed by atoms with Crippen molar-refractivity contribution in [2.75, 3.05) is 19.6 Å². The average molecular weight is 183 g/mol. The molecule has 0 radical (unpaired) electrons. The summed E-state index contributed by atoms with van der Waals surface area (Å²) < 4.78 is 0. The van der Waals surface area contributed by atoms with Crippen molar-refractivity contribution in [2.24, 2.45) is 5.73 Å². The average Bonchev–Trinajstić information content (AvgIpc) is 2.13. The topological polar surface area (TPSA) is 41.3 Å². The van der Waals surface area contributed by atoms with Gasteiger partial charge in [0.25, 0.3) is 0 Å². The maximum atomic E-state index is 5.80. The SMILES string of the molecule is NCC1(NN2CCCCC2)CCC1. The third-order valence-corrected chi connectivity index (χ3v) is 3.45. The quantitative estimate of drug-likeness (QED) is 0.682. The summed E-state index contributed by atoms with van der Waals surface area (Å²) in [6.45, 7) is 3.22. The van der Waals surface area contributed by atoms with E-state index in [4.69, 9.17) is 5.73 Å². The van der Waals surface area contributed by atoms with Crippen LogP contribution in [0.15, 0.2) is 0 Å². The molecule has 0 spiro atoms.